The Kier molecular flexibility index (Phi) is 2.64. The van der Waals surface area contributed by atoms with E-state index in [-0.39, 0.29) is 11.7 Å². The summed E-state index contributed by atoms with van der Waals surface area (Å²) in [6.07, 6.45) is 1.43. The second-order valence-corrected chi connectivity index (χ2v) is 4.00. The zero-order valence-corrected chi connectivity index (χ0v) is 9.20. The number of anilines is 1. The summed E-state index contributed by atoms with van der Waals surface area (Å²) in [5, 5.41) is 3.55. The van der Waals surface area contributed by atoms with Crippen LogP contribution in [0.1, 0.15) is 25.3 Å². The molecule has 1 aromatic heterocycles. The van der Waals surface area contributed by atoms with Gasteiger partial charge in [0.15, 0.2) is 0 Å². The molecule has 3 nitrogen and oxygen atoms in total. The number of benzene rings is 1. The molecule has 0 saturated heterocycles. The fourth-order valence-corrected chi connectivity index (χ4v) is 1.56. The number of hydrogen-bond donors (Lipinski definition) is 1. The summed E-state index contributed by atoms with van der Waals surface area (Å²) < 4.78 is 18.4. The molecule has 16 heavy (non-hydrogen) atoms. The van der Waals surface area contributed by atoms with Crippen molar-refractivity contribution >= 4 is 5.88 Å². The van der Waals surface area contributed by atoms with Gasteiger partial charge in [-0.3, -0.25) is 0 Å². The molecule has 0 aliphatic rings. The smallest absolute Gasteiger partial charge is 0.230 e. The molecule has 0 aliphatic heterocycles. The minimum Gasteiger partial charge on any atom is -0.367 e. The third kappa shape index (κ3) is 1.78. The SMILES string of the molecule is CC(C)c1ccc(F)c(-c2cnoc2N)c1. The van der Waals surface area contributed by atoms with Gasteiger partial charge in [-0.15, -0.1) is 0 Å². The van der Waals surface area contributed by atoms with Gasteiger partial charge in [0.1, 0.15) is 5.82 Å². The standard InChI is InChI=1S/C12H13FN2O/c1-7(2)8-3-4-11(13)9(5-8)10-6-15-16-12(10)14/h3-7H,14H2,1-2H3. The lowest BCUT2D eigenvalue weighted by molar-refractivity contribution is 0.436. The maximum absolute atomic E-state index is 13.7. The quantitative estimate of drug-likeness (QED) is 0.845. The molecule has 0 fully saturated rings. The van der Waals surface area contributed by atoms with Crippen molar-refractivity contribution in [3.05, 3.63) is 35.8 Å². The molecule has 0 spiro atoms. The normalized spacial score (nSPS) is 11.0. The van der Waals surface area contributed by atoms with E-state index in [2.05, 4.69) is 5.16 Å². The van der Waals surface area contributed by atoms with Gasteiger partial charge in [-0.1, -0.05) is 25.1 Å². The average molecular weight is 220 g/mol. The van der Waals surface area contributed by atoms with Gasteiger partial charge in [0.25, 0.3) is 0 Å². The number of hydrogen-bond acceptors (Lipinski definition) is 3. The van der Waals surface area contributed by atoms with Crippen LogP contribution in [-0.2, 0) is 0 Å². The third-order valence-corrected chi connectivity index (χ3v) is 2.55. The number of rotatable bonds is 2. The summed E-state index contributed by atoms with van der Waals surface area (Å²) in [4.78, 5) is 0. The highest BCUT2D eigenvalue weighted by molar-refractivity contribution is 5.72. The lowest BCUT2D eigenvalue weighted by Crippen LogP contribution is -1.93. The summed E-state index contributed by atoms with van der Waals surface area (Å²) in [5.74, 6) is 0.152. The average Bonchev–Trinajstić information content (AvgIpc) is 2.65. The first kappa shape index (κ1) is 10.7. The summed E-state index contributed by atoms with van der Waals surface area (Å²) in [7, 11) is 0. The minimum absolute atomic E-state index is 0.139. The molecule has 2 aromatic rings. The first-order chi connectivity index (χ1) is 7.59. The van der Waals surface area contributed by atoms with Crippen LogP contribution in [0.3, 0.4) is 0 Å². The zero-order chi connectivity index (χ0) is 11.7. The number of nitrogens with two attached hydrogens (primary N) is 1. The van der Waals surface area contributed by atoms with E-state index in [1.165, 1.54) is 12.3 Å². The predicted octanol–water partition coefficient (Wildman–Crippen LogP) is 3.19. The highest BCUT2D eigenvalue weighted by atomic mass is 19.1. The Bertz CT molecular complexity index is 505. The van der Waals surface area contributed by atoms with Gasteiger partial charge >= 0.3 is 0 Å². The van der Waals surface area contributed by atoms with Crippen molar-refractivity contribution in [2.75, 3.05) is 5.73 Å². The zero-order valence-electron chi connectivity index (χ0n) is 9.20. The van der Waals surface area contributed by atoms with Gasteiger partial charge in [0, 0.05) is 5.56 Å². The van der Waals surface area contributed by atoms with E-state index in [1.807, 2.05) is 13.8 Å². The first-order valence-corrected chi connectivity index (χ1v) is 5.09. The van der Waals surface area contributed by atoms with Gasteiger partial charge in [-0.25, -0.2) is 4.39 Å². The molecular formula is C12H13FN2O. The monoisotopic (exact) mass is 220 g/mol. The van der Waals surface area contributed by atoms with E-state index in [4.69, 9.17) is 10.3 Å². The molecule has 2 N–H and O–H groups in total. The molecule has 0 bridgehead atoms. The molecule has 0 aliphatic carbocycles. The van der Waals surface area contributed by atoms with E-state index in [1.54, 1.807) is 12.1 Å². The van der Waals surface area contributed by atoms with Crippen molar-refractivity contribution in [2.45, 2.75) is 19.8 Å². The first-order valence-electron chi connectivity index (χ1n) is 5.09. The van der Waals surface area contributed by atoms with Gasteiger partial charge in [-0.2, -0.15) is 0 Å². The molecule has 1 heterocycles. The molecule has 4 heteroatoms. The van der Waals surface area contributed by atoms with E-state index >= 15 is 0 Å². The molecular weight excluding hydrogens is 207 g/mol. The second-order valence-electron chi connectivity index (χ2n) is 4.00. The van der Waals surface area contributed by atoms with Gasteiger partial charge < -0.3 is 10.3 Å². The van der Waals surface area contributed by atoms with Crippen molar-refractivity contribution < 1.29 is 8.91 Å². The number of halogens is 1. The van der Waals surface area contributed by atoms with Crippen LogP contribution in [0.15, 0.2) is 28.9 Å². The lowest BCUT2D eigenvalue weighted by Gasteiger charge is -2.08. The maximum atomic E-state index is 13.7. The van der Waals surface area contributed by atoms with E-state index in [9.17, 15) is 4.39 Å². The number of aromatic nitrogens is 1. The molecule has 0 saturated carbocycles. The van der Waals surface area contributed by atoms with Crippen molar-refractivity contribution in [3.8, 4) is 11.1 Å². The fraction of sp³-hybridized carbons (Fsp3) is 0.250. The molecule has 1 aromatic carbocycles. The van der Waals surface area contributed by atoms with Gasteiger partial charge in [0.05, 0.1) is 11.8 Å². The maximum Gasteiger partial charge on any atom is 0.230 e. The largest absolute Gasteiger partial charge is 0.367 e. The van der Waals surface area contributed by atoms with Crippen LogP contribution in [0.25, 0.3) is 11.1 Å². The lowest BCUT2D eigenvalue weighted by atomic mass is 9.98. The van der Waals surface area contributed by atoms with Crippen LogP contribution in [0, 0.1) is 5.82 Å². The van der Waals surface area contributed by atoms with Crippen LogP contribution in [-0.4, -0.2) is 5.16 Å². The van der Waals surface area contributed by atoms with Gasteiger partial charge in [-0.05, 0) is 23.6 Å². The highest BCUT2D eigenvalue weighted by Crippen LogP contribution is 2.30. The van der Waals surface area contributed by atoms with Crippen LogP contribution >= 0.6 is 0 Å². The van der Waals surface area contributed by atoms with Crippen molar-refractivity contribution in [1.29, 1.82) is 0 Å². The predicted molar refractivity (Wildman–Crippen MR) is 60.4 cm³/mol. The highest BCUT2D eigenvalue weighted by Gasteiger charge is 2.13. The molecule has 0 radical (unpaired) electrons. The van der Waals surface area contributed by atoms with E-state index < -0.39 is 0 Å². The van der Waals surface area contributed by atoms with Crippen LogP contribution in [0.2, 0.25) is 0 Å². The Balaban J connectivity index is 2.56. The molecule has 2 rings (SSSR count). The van der Waals surface area contributed by atoms with Crippen LogP contribution in [0.4, 0.5) is 10.3 Å². The molecule has 84 valence electrons. The van der Waals surface area contributed by atoms with Crippen molar-refractivity contribution in [1.82, 2.24) is 5.16 Å². The van der Waals surface area contributed by atoms with E-state index in [0.29, 0.717) is 17.0 Å². The summed E-state index contributed by atoms with van der Waals surface area (Å²) in [6.45, 7) is 4.10. The van der Waals surface area contributed by atoms with Crippen molar-refractivity contribution in [3.63, 3.8) is 0 Å². The Morgan fingerprint density at radius 2 is 2.06 bits per heavy atom. The number of nitrogens with zero attached hydrogens (tertiary/aromatic N) is 1. The Morgan fingerprint density at radius 1 is 1.31 bits per heavy atom. The minimum atomic E-state index is -0.320. The van der Waals surface area contributed by atoms with Crippen LogP contribution in [0.5, 0.6) is 0 Å². The van der Waals surface area contributed by atoms with E-state index in [0.717, 1.165) is 5.56 Å². The third-order valence-electron chi connectivity index (χ3n) is 2.55. The van der Waals surface area contributed by atoms with Crippen LogP contribution < -0.4 is 5.73 Å². The Morgan fingerprint density at radius 3 is 2.62 bits per heavy atom. The summed E-state index contributed by atoms with van der Waals surface area (Å²) >= 11 is 0. The second kappa shape index (κ2) is 3.96. The summed E-state index contributed by atoms with van der Waals surface area (Å²) in [6, 6.07) is 4.99. The Hall–Kier alpha value is -1.84. The molecule has 0 unspecified atom stereocenters. The van der Waals surface area contributed by atoms with Gasteiger partial charge in [0.2, 0.25) is 5.88 Å². The topological polar surface area (TPSA) is 52.0 Å². The molecule has 0 amide bonds. The van der Waals surface area contributed by atoms with Crippen molar-refractivity contribution in [2.24, 2.45) is 0 Å². The molecule has 0 atom stereocenters. The summed E-state index contributed by atoms with van der Waals surface area (Å²) in [5.41, 5.74) is 7.56. The fourth-order valence-electron chi connectivity index (χ4n) is 1.56. The Labute approximate surface area is 93.1 Å². The number of nitrogen functional groups attached to an aromatic ring is 1.